The molecule has 0 amide bonds. The molecule has 1 aromatic rings. The minimum absolute atomic E-state index is 0.390. The Morgan fingerprint density at radius 3 is 2.44 bits per heavy atom. The van der Waals surface area contributed by atoms with Crippen molar-refractivity contribution < 1.29 is 14.9 Å². The molecule has 0 aliphatic rings. The highest BCUT2D eigenvalue weighted by Crippen LogP contribution is 2.09. The van der Waals surface area contributed by atoms with Gasteiger partial charge < -0.3 is 14.9 Å². The summed E-state index contributed by atoms with van der Waals surface area (Å²) in [6.07, 6.45) is -0.833. The lowest BCUT2D eigenvalue weighted by atomic mass is 10.1. The van der Waals surface area contributed by atoms with E-state index < -0.39 is 18.3 Å². The van der Waals surface area contributed by atoms with Gasteiger partial charge in [0.15, 0.2) is 0 Å². The summed E-state index contributed by atoms with van der Waals surface area (Å²) in [5.41, 5.74) is 1.02. The van der Waals surface area contributed by atoms with E-state index in [1.165, 1.54) is 13.0 Å². The van der Waals surface area contributed by atoms with Crippen molar-refractivity contribution in [2.45, 2.75) is 31.8 Å². The van der Waals surface area contributed by atoms with Gasteiger partial charge in [-0.05, 0) is 12.5 Å². The van der Waals surface area contributed by atoms with Crippen molar-refractivity contribution in [3.05, 3.63) is 48.6 Å². The number of benzene rings is 1. The summed E-state index contributed by atoms with van der Waals surface area (Å²) < 4.78 is 5.47. The molecular formula is C13H18O3. The van der Waals surface area contributed by atoms with Gasteiger partial charge in [-0.3, -0.25) is 0 Å². The summed E-state index contributed by atoms with van der Waals surface area (Å²) >= 11 is 0. The Hall–Kier alpha value is -1.16. The van der Waals surface area contributed by atoms with E-state index in [2.05, 4.69) is 6.58 Å². The van der Waals surface area contributed by atoms with Gasteiger partial charge in [0.1, 0.15) is 12.2 Å². The van der Waals surface area contributed by atoms with Gasteiger partial charge in [0.2, 0.25) is 0 Å². The van der Waals surface area contributed by atoms with Crippen LogP contribution in [-0.4, -0.2) is 28.5 Å². The topological polar surface area (TPSA) is 49.7 Å². The van der Waals surface area contributed by atoms with Crippen LogP contribution in [0.4, 0.5) is 0 Å². The molecule has 3 heteroatoms. The molecule has 0 heterocycles. The second-order valence-corrected chi connectivity index (χ2v) is 3.73. The van der Waals surface area contributed by atoms with Crippen molar-refractivity contribution >= 4 is 0 Å². The van der Waals surface area contributed by atoms with E-state index >= 15 is 0 Å². The van der Waals surface area contributed by atoms with Crippen LogP contribution in [0.2, 0.25) is 0 Å². The van der Waals surface area contributed by atoms with Crippen LogP contribution in [-0.2, 0) is 11.3 Å². The number of rotatable bonds is 6. The van der Waals surface area contributed by atoms with Crippen molar-refractivity contribution in [3.63, 3.8) is 0 Å². The van der Waals surface area contributed by atoms with Gasteiger partial charge in [-0.25, -0.2) is 0 Å². The summed E-state index contributed by atoms with van der Waals surface area (Å²) in [6, 6.07) is 9.66. The van der Waals surface area contributed by atoms with Crippen molar-refractivity contribution in [2.24, 2.45) is 0 Å². The van der Waals surface area contributed by atoms with Gasteiger partial charge in [0.25, 0.3) is 0 Å². The third-order valence-corrected chi connectivity index (χ3v) is 2.35. The number of aliphatic hydroxyl groups is 2. The van der Waals surface area contributed by atoms with Gasteiger partial charge in [-0.2, -0.15) is 0 Å². The van der Waals surface area contributed by atoms with Crippen LogP contribution in [0.1, 0.15) is 12.5 Å². The Morgan fingerprint density at radius 2 is 1.94 bits per heavy atom. The molecular weight excluding hydrogens is 204 g/mol. The second-order valence-electron chi connectivity index (χ2n) is 3.73. The van der Waals surface area contributed by atoms with Crippen LogP contribution >= 0.6 is 0 Å². The maximum Gasteiger partial charge on any atom is 0.109 e. The zero-order chi connectivity index (χ0) is 12.0. The van der Waals surface area contributed by atoms with E-state index in [0.717, 1.165) is 5.56 Å². The minimum Gasteiger partial charge on any atom is -0.391 e. The molecule has 0 saturated heterocycles. The van der Waals surface area contributed by atoms with Crippen LogP contribution in [0.3, 0.4) is 0 Å². The molecule has 1 rings (SSSR count). The first kappa shape index (κ1) is 12.9. The molecule has 0 spiro atoms. The molecule has 0 saturated carbocycles. The van der Waals surface area contributed by atoms with Crippen LogP contribution in [0, 0.1) is 0 Å². The fraction of sp³-hybridized carbons (Fsp3) is 0.385. The molecule has 0 aliphatic heterocycles. The number of hydrogen-bond acceptors (Lipinski definition) is 3. The largest absolute Gasteiger partial charge is 0.391 e. The summed E-state index contributed by atoms with van der Waals surface area (Å²) in [4.78, 5) is 0. The third kappa shape index (κ3) is 3.77. The fourth-order valence-corrected chi connectivity index (χ4v) is 1.35. The van der Waals surface area contributed by atoms with Crippen LogP contribution < -0.4 is 0 Å². The van der Waals surface area contributed by atoms with E-state index in [0.29, 0.717) is 6.61 Å². The summed E-state index contributed by atoms with van der Waals surface area (Å²) in [6.45, 7) is 5.49. The smallest absolute Gasteiger partial charge is 0.109 e. The molecule has 16 heavy (non-hydrogen) atoms. The quantitative estimate of drug-likeness (QED) is 0.717. The second kappa shape index (κ2) is 6.43. The van der Waals surface area contributed by atoms with Crippen LogP contribution in [0.25, 0.3) is 0 Å². The molecule has 1 aromatic carbocycles. The molecule has 0 unspecified atom stereocenters. The van der Waals surface area contributed by atoms with Gasteiger partial charge in [-0.15, -0.1) is 6.58 Å². The maximum atomic E-state index is 9.62. The summed E-state index contributed by atoms with van der Waals surface area (Å²) in [5.74, 6) is 0. The monoisotopic (exact) mass is 222 g/mol. The lowest BCUT2D eigenvalue weighted by molar-refractivity contribution is -0.0692. The number of aliphatic hydroxyl groups excluding tert-OH is 2. The SMILES string of the molecule is C=C[C@H](OCc1ccccc1)[C@@H](O)[C@@H](C)O. The molecule has 3 nitrogen and oxygen atoms in total. The first-order valence-corrected chi connectivity index (χ1v) is 5.29. The van der Waals surface area contributed by atoms with Crippen molar-refractivity contribution in [2.75, 3.05) is 0 Å². The third-order valence-electron chi connectivity index (χ3n) is 2.35. The first-order valence-electron chi connectivity index (χ1n) is 5.29. The van der Waals surface area contributed by atoms with E-state index in [-0.39, 0.29) is 0 Å². The standard InChI is InChI=1S/C13H18O3/c1-3-12(13(15)10(2)14)16-9-11-7-5-4-6-8-11/h3-8,10,12-15H,1,9H2,2H3/t10-,12+,13+/m1/s1. The molecule has 2 N–H and O–H groups in total. The lowest BCUT2D eigenvalue weighted by Crippen LogP contribution is -2.36. The normalized spacial score (nSPS) is 16.4. The van der Waals surface area contributed by atoms with E-state index in [9.17, 15) is 10.2 Å². The fourth-order valence-electron chi connectivity index (χ4n) is 1.35. The summed E-state index contributed by atoms with van der Waals surface area (Å²) in [5, 5.41) is 18.9. The van der Waals surface area contributed by atoms with Crippen molar-refractivity contribution in [3.8, 4) is 0 Å². The molecule has 3 atom stereocenters. The molecule has 0 radical (unpaired) electrons. The first-order chi connectivity index (χ1) is 7.65. The van der Waals surface area contributed by atoms with Crippen LogP contribution in [0.15, 0.2) is 43.0 Å². The van der Waals surface area contributed by atoms with Crippen molar-refractivity contribution in [1.29, 1.82) is 0 Å². The average molecular weight is 222 g/mol. The van der Waals surface area contributed by atoms with E-state index in [1.54, 1.807) is 0 Å². The Labute approximate surface area is 96.0 Å². The maximum absolute atomic E-state index is 9.62. The average Bonchev–Trinajstić information content (AvgIpc) is 2.30. The number of hydrogen-bond donors (Lipinski definition) is 2. The lowest BCUT2D eigenvalue weighted by Gasteiger charge is -2.22. The molecule has 0 aromatic heterocycles. The van der Waals surface area contributed by atoms with Gasteiger partial charge >= 0.3 is 0 Å². The zero-order valence-electron chi connectivity index (χ0n) is 9.41. The van der Waals surface area contributed by atoms with Crippen molar-refractivity contribution in [1.82, 2.24) is 0 Å². The Bertz CT molecular complexity index is 308. The predicted molar refractivity (Wildman–Crippen MR) is 62.9 cm³/mol. The molecule has 0 bridgehead atoms. The number of ether oxygens (including phenoxy) is 1. The predicted octanol–water partition coefficient (Wildman–Crippen LogP) is 1.50. The molecule has 88 valence electrons. The summed E-state index contributed by atoms with van der Waals surface area (Å²) in [7, 11) is 0. The van der Waals surface area contributed by atoms with Gasteiger partial charge in [0, 0.05) is 0 Å². The molecule has 0 aliphatic carbocycles. The van der Waals surface area contributed by atoms with E-state index in [1.807, 2.05) is 30.3 Å². The Morgan fingerprint density at radius 1 is 1.31 bits per heavy atom. The zero-order valence-corrected chi connectivity index (χ0v) is 9.41. The highest BCUT2D eigenvalue weighted by Gasteiger charge is 2.21. The van der Waals surface area contributed by atoms with E-state index in [4.69, 9.17) is 4.74 Å². The highest BCUT2D eigenvalue weighted by atomic mass is 16.5. The van der Waals surface area contributed by atoms with Gasteiger partial charge in [0.05, 0.1) is 12.7 Å². The molecule has 0 fully saturated rings. The Balaban J connectivity index is 2.49. The van der Waals surface area contributed by atoms with Crippen LogP contribution in [0.5, 0.6) is 0 Å². The Kier molecular flexibility index (Phi) is 5.19. The minimum atomic E-state index is -0.943. The van der Waals surface area contributed by atoms with Gasteiger partial charge in [-0.1, -0.05) is 36.4 Å². The highest BCUT2D eigenvalue weighted by molar-refractivity contribution is 5.13.